The lowest BCUT2D eigenvalue weighted by Gasteiger charge is -2.33. The topological polar surface area (TPSA) is 85.3 Å². The first kappa shape index (κ1) is 37.9. The summed E-state index contributed by atoms with van der Waals surface area (Å²) in [5.41, 5.74) is 6.12. The number of carbonyl (C=O) groups excluding carboxylic acids is 2. The first-order chi connectivity index (χ1) is 23.3. The van der Waals surface area contributed by atoms with Crippen LogP contribution in [-0.4, -0.2) is 56.6 Å². The molecule has 0 fully saturated rings. The molecule has 260 valence electrons. The number of anilines is 1. The second-order valence-corrected chi connectivity index (χ2v) is 14.1. The van der Waals surface area contributed by atoms with Crippen LogP contribution in [0.2, 0.25) is 0 Å². The molecule has 0 atom stereocenters. The van der Waals surface area contributed by atoms with Crippen molar-refractivity contribution in [3.8, 4) is 16.9 Å². The van der Waals surface area contributed by atoms with Gasteiger partial charge < -0.3 is 24.2 Å². The van der Waals surface area contributed by atoms with Crippen LogP contribution in [0.5, 0.6) is 5.75 Å². The lowest BCUT2D eigenvalue weighted by atomic mass is 9.70. The Hall–Kier alpha value is -2.88. The molecule has 0 heterocycles. The van der Waals surface area contributed by atoms with Crippen LogP contribution in [-0.2, 0) is 24.5 Å². The Balaban J connectivity index is 1.39. The van der Waals surface area contributed by atoms with Crippen LogP contribution in [0.15, 0.2) is 69.6 Å². The van der Waals surface area contributed by atoms with Crippen molar-refractivity contribution in [3.05, 3.63) is 80.7 Å². The molecule has 0 saturated carbocycles. The lowest BCUT2D eigenvalue weighted by molar-refractivity contribution is -0.142. The van der Waals surface area contributed by atoms with E-state index in [1.807, 2.05) is 24.3 Å². The van der Waals surface area contributed by atoms with Crippen LogP contribution in [0.3, 0.4) is 0 Å². The van der Waals surface area contributed by atoms with Crippen LogP contribution in [0.4, 0.5) is 5.69 Å². The molecule has 4 rings (SSSR count). The normalized spacial score (nSPS) is 12.7. The number of aliphatic hydroxyl groups is 1. The number of ether oxygens (including phenoxy) is 3. The van der Waals surface area contributed by atoms with E-state index in [9.17, 15) is 14.7 Å². The van der Waals surface area contributed by atoms with Crippen LogP contribution in [0.25, 0.3) is 11.1 Å². The maximum atomic E-state index is 12.4. The predicted molar refractivity (Wildman–Crippen MR) is 199 cm³/mol. The number of unbranched alkanes of at least 4 members (excludes halogenated alkanes) is 6. The van der Waals surface area contributed by atoms with Crippen molar-refractivity contribution in [1.29, 1.82) is 0 Å². The van der Waals surface area contributed by atoms with Crippen molar-refractivity contribution >= 4 is 49.5 Å². The molecule has 0 saturated heterocycles. The second kappa shape index (κ2) is 19.3. The summed E-state index contributed by atoms with van der Waals surface area (Å²) in [4.78, 5) is 26.4. The maximum Gasteiger partial charge on any atom is 0.325 e. The van der Waals surface area contributed by atoms with E-state index < -0.39 is 11.9 Å². The van der Waals surface area contributed by atoms with Crippen molar-refractivity contribution in [2.75, 3.05) is 44.4 Å². The number of hydrogen-bond donors (Lipinski definition) is 1. The number of fused-ring (bicyclic) bond motifs is 3. The standard InChI is InChI=1S/C39H49Br2NO6/c1-3-46-37(44)27-42(28-38(45)47-4-2)35-15-9-10-16-36(35)48-24-14-8-6-12-22-39(21-11-5-7-13-23-43)33-25-29(40)17-19-31(33)32-20-18-30(41)26-34(32)39/h9-10,15-20,25-26,43H,3-8,11-14,21-24,27-28H2,1-2H3. The van der Waals surface area contributed by atoms with Gasteiger partial charge in [0.15, 0.2) is 0 Å². The average Bonchev–Trinajstić information content (AvgIpc) is 3.32. The van der Waals surface area contributed by atoms with Crippen molar-refractivity contribution in [3.63, 3.8) is 0 Å². The van der Waals surface area contributed by atoms with Gasteiger partial charge in [-0.25, -0.2) is 0 Å². The van der Waals surface area contributed by atoms with Crippen molar-refractivity contribution in [1.82, 2.24) is 0 Å². The Morgan fingerprint density at radius 3 is 1.77 bits per heavy atom. The summed E-state index contributed by atoms with van der Waals surface area (Å²) in [6.07, 6.45) is 10.4. The van der Waals surface area contributed by atoms with Crippen LogP contribution < -0.4 is 9.64 Å². The molecule has 7 nitrogen and oxygen atoms in total. The first-order valence-electron chi connectivity index (χ1n) is 17.3. The highest BCUT2D eigenvalue weighted by Crippen LogP contribution is 2.55. The molecule has 1 aliphatic carbocycles. The van der Waals surface area contributed by atoms with Gasteiger partial charge in [0.1, 0.15) is 18.8 Å². The summed E-state index contributed by atoms with van der Waals surface area (Å²) in [6, 6.07) is 20.9. The molecule has 3 aromatic rings. The molecular formula is C39H49Br2NO6. The zero-order chi connectivity index (χ0) is 34.4. The van der Waals surface area contributed by atoms with Gasteiger partial charge in [-0.2, -0.15) is 0 Å². The van der Waals surface area contributed by atoms with Crippen LogP contribution >= 0.6 is 31.9 Å². The van der Waals surface area contributed by atoms with E-state index in [1.165, 1.54) is 22.3 Å². The largest absolute Gasteiger partial charge is 0.491 e. The van der Waals surface area contributed by atoms with Gasteiger partial charge in [-0.3, -0.25) is 9.59 Å². The fourth-order valence-electron chi connectivity index (χ4n) is 6.85. The first-order valence-corrected chi connectivity index (χ1v) is 18.9. The zero-order valence-corrected chi connectivity index (χ0v) is 31.5. The molecule has 9 heteroatoms. The Morgan fingerprint density at radius 1 is 0.708 bits per heavy atom. The molecule has 1 aliphatic rings. The highest BCUT2D eigenvalue weighted by Gasteiger charge is 2.42. The smallest absolute Gasteiger partial charge is 0.325 e. The molecule has 0 aromatic heterocycles. The molecule has 48 heavy (non-hydrogen) atoms. The Bertz CT molecular complexity index is 1420. The quantitative estimate of drug-likeness (QED) is 0.0851. The maximum absolute atomic E-state index is 12.4. The SMILES string of the molecule is CCOC(=O)CN(CC(=O)OCC)c1ccccc1OCCCCCCC1(CCCCCCO)c2cc(Br)ccc2-c2ccc(Br)cc21. The van der Waals surface area contributed by atoms with E-state index in [0.29, 0.717) is 18.0 Å². The fraction of sp³-hybridized carbons (Fsp3) is 0.487. The van der Waals surface area contributed by atoms with E-state index in [-0.39, 0.29) is 38.3 Å². The Labute approximate surface area is 302 Å². The zero-order valence-electron chi connectivity index (χ0n) is 28.3. The van der Waals surface area contributed by atoms with E-state index in [0.717, 1.165) is 73.2 Å². The Kier molecular flexibility index (Phi) is 15.3. The van der Waals surface area contributed by atoms with Crippen LogP contribution in [0, 0.1) is 0 Å². The molecular weight excluding hydrogens is 738 g/mol. The second-order valence-electron chi connectivity index (χ2n) is 12.3. The minimum Gasteiger partial charge on any atom is -0.491 e. The summed E-state index contributed by atoms with van der Waals surface area (Å²) in [5.74, 6) is -0.194. The van der Waals surface area contributed by atoms with Gasteiger partial charge in [-0.05, 0) is 98.2 Å². The predicted octanol–water partition coefficient (Wildman–Crippen LogP) is 9.38. The number of carbonyl (C=O) groups is 2. The van der Waals surface area contributed by atoms with Gasteiger partial charge >= 0.3 is 11.9 Å². The van der Waals surface area contributed by atoms with Gasteiger partial charge in [-0.15, -0.1) is 0 Å². The minimum absolute atomic E-state index is 0.0474. The van der Waals surface area contributed by atoms with Gasteiger partial charge in [0.25, 0.3) is 0 Å². The van der Waals surface area contributed by atoms with E-state index in [2.05, 4.69) is 68.3 Å². The Morgan fingerprint density at radius 2 is 1.23 bits per heavy atom. The minimum atomic E-state index is -0.410. The molecule has 1 N–H and O–H groups in total. The summed E-state index contributed by atoms with van der Waals surface area (Å²) in [6.45, 7) is 4.69. The number of rotatable bonds is 21. The van der Waals surface area contributed by atoms with E-state index in [4.69, 9.17) is 14.2 Å². The molecule has 3 aromatic carbocycles. The third-order valence-corrected chi connectivity index (χ3v) is 9.99. The number of benzene rings is 3. The van der Waals surface area contributed by atoms with Crippen LogP contribution in [0.1, 0.15) is 89.2 Å². The number of hydrogen-bond acceptors (Lipinski definition) is 7. The molecule has 0 unspecified atom stereocenters. The molecule has 0 aliphatic heterocycles. The summed E-state index contributed by atoms with van der Waals surface area (Å²) in [5, 5.41) is 9.30. The van der Waals surface area contributed by atoms with E-state index in [1.54, 1.807) is 18.7 Å². The number of nitrogens with zero attached hydrogens (tertiary/aromatic N) is 1. The molecule has 0 amide bonds. The summed E-state index contributed by atoms with van der Waals surface area (Å²) < 4.78 is 18.8. The monoisotopic (exact) mass is 785 g/mol. The lowest BCUT2D eigenvalue weighted by Crippen LogP contribution is -2.36. The average molecular weight is 788 g/mol. The molecule has 0 radical (unpaired) electrons. The third-order valence-electron chi connectivity index (χ3n) is 9.01. The number of para-hydroxylation sites is 2. The third kappa shape index (κ3) is 10.1. The van der Waals surface area contributed by atoms with Crippen molar-refractivity contribution in [2.45, 2.75) is 83.5 Å². The van der Waals surface area contributed by atoms with Gasteiger partial charge in [0, 0.05) is 21.0 Å². The van der Waals surface area contributed by atoms with E-state index >= 15 is 0 Å². The van der Waals surface area contributed by atoms with Gasteiger partial charge in [0.05, 0.1) is 25.5 Å². The van der Waals surface area contributed by atoms with Gasteiger partial charge in [-0.1, -0.05) is 94.7 Å². The van der Waals surface area contributed by atoms with Crippen molar-refractivity contribution < 1.29 is 28.9 Å². The number of aliphatic hydroxyl groups excluding tert-OH is 1. The highest BCUT2D eigenvalue weighted by atomic mass is 79.9. The van der Waals surface area contributed by atoms with Crippen molar-refractivity contribution in [2.24, 2.45) is 0 Å². The number of halogens is 2. The molecule has 0 bridgehead atoms. The molecule has 0 spiro atoms. The fourth-order valence-corrected chi connectivity index (χ4v) is 7.57. The number of esters is 2. The summed E-state index contributed by atoms with van der Waals surface area (Å²) in [7, 11) is 0. The highest BCUT2D eigenvalue weighted by molar-refractivity contribution is 9.10. The summed E-state index contributed by atoms with van der Waals surface area (Å²) >= 11 is 7.52. The van der Waals surface area contributed by atoms with Gasteiger partial charge in [0.2, 0.25) is 0 Å².